The molecular formula is C14H10BrClO3. The molecule has 0 aromatic heterocycles. The molecule has 0 unspecified atom stereocenters. The van der Waals surface area contributed by atoms with Crippen LogP contribution in [0, 0.1) is 6.92 Å². The number of carbonyl (C=O) groups is 1. The van der Waals surface area contributed by atoms with E-state index < -0.39 is 5.97 Å². The lowest BCUT2D eigenvalue weighted by Gasteiger charge is -2.12. The Hall–Kier alpha value is -1.52. The van der Waals surface area contributed by atoms with Crippen molar-refractivity contribution in [2.24, 2.45) is 0 Å². The Kier molecular flexibility index (Phi) is 4.12. The molecule has 1 N–H and O–H groups in total. The molecule has 0 aliphatic carbocycles. The monoisotopic (exact) mass is 340 g/mol. The van der Waals surface area contributed by atoms with Crippen LogP contribution in [0.15, 0.2) is 40.9 Å². The Morgan fingerprint density at radius 1 is 1.32 bits per heavy atom. The first-order valence-corrected chi connectivity index (χ1v) is 6.62. The lowest BCUT2D eigenvalue weighted by atomic mass is 10.1. The maximum atomic E-state index is 11.2. The zero-order valence-electron chi connectivity index (χ0n) is 9.98. The topological polar surface area (TPSA) is 46.5 Å². The Labute approximate surface area is 123 Å². The Morgan fingerprint density at radius 2 is 2.05 bits per heavy atom. The van der Waals surface area contributed by atoms with Gasteiger partial charge >= 0.3 is 5.97 Å². The number of halogens is 2. The minimum absolute atomic E-state index is 0.110. The second-order valence-corrected chi connectivity index (χ2v) is 5.26. The number of carboxylic acids is 1. The third-order valence-corrected chi connectivity index (χ3v) is 3.34. The molecule has 0 radical (unpaired) electrons. The predicted octanol–water partition coefficient (Wildman–Crippen LogP) is 4.90. The molecule has 3 nitrogen and oxygen atoms in total. The highest BCUT2D eigenvalue weighted by atomic mass is 79.9. The van der Waals surface area contributed by atoms with Crippen molar-refractivity contribution in [2.75, 3.05) is 0 Å². The van der Waals surface area contributed by atoms with E-state index in [1.165, 1.54) is 6.07 Å². The van der Waals surface area contributed by atoms with Gasteiger partial charge in [0.05, 0.1) is 5.02 Å². The molecule has 19 heavy (non-hydrogen) atoms. The van der Waals surface area contributed by atoms with Crippen LogP contribution in [0.5, 0.6) is 11.5 Å². The van der Waals surface area contributed by atoms with Crippen LogP contribution >= 0.6 is 27.5 Å². The number of benzene rings is 2. The third kappa shape index (κ3) is 3.08. The van der Waals surface area contributed by atoms with Gasteiger partial charge in [0.2, 0.25) is 0 Å². The molecule has 0 aliphatic heterocycles. The van der Waals surface area contributed by atoms with Gasteiger partial charge in [0, 0.05) is 4.47 Å². The molecular weight excluding hydrogens is 332 g/mol. The van der Waals surface area contributed by atoms with Crippen LogP contribution in [0.4, 0.5) is 0 Å². The Balaban J connectivity index is 2.46. The van der Waals surface area contributed by atoms with Crippen LogP contribution in [-0.2, 0) is 0 Å². The van der Waals surface area contributed by atoms with Crippen LogP contribution in [0.3, 0.4) is 0 Å². The average Bonchev–Trinajstić information content (AvgIpc) is 2.34. The molecule has 0 bridgehead atoms. The number of hydrogen-bond acceptors (Lipinski definition) is 2. The minimum Gasteiger partial charge on any atom is -0.478 e. The Morgan fingerprint density at radius 3 is 2.68 bits per heavy atom. The van der Waals surface area contributed by atoms with Crippen molar-refractivity contribution in [3.8, 4) is 11.5 Å². The van der Waals surface area contributed by atoms with Gasteiger partial charge in [0.25, 0.3) is 0 Å². The lowest BCUT2D eigenvalue weighted by Crippen LogP contribution is -2.01. The summed E-state index contributed by atoms with van der Waals surface area (Å²) in [6, 6.07) is 10.1. The number of aryl methyl sites for hydroxylation is 1. The van der Waals surface area contributed by atoms with Crippen molar-refractivity contribution in [3.63, 3.8) is 0 Å². The average molecular weight is 342 g/mol. The van der Waals surface area contributed by atoms with Gasteiger partial charge in [0.15, 0.2) is 0 Å². The summed E-state index contributed by atoms with van der Waals surface area (Å²) in [5.74, 6) is -0.312. The Bertz CT molecular complexity index is 641. The smallest absolute Gasteiger partial charge is 0.339 e. The van der Waals surface area contributed by atoms with Crippen molar-refractivity contribution in [2.45, 2.75) is 6.92 Å². The lowest BCUT2D eigenvalue weighted by molar-refractivity contribution is 0.0694. The summed E-state index contributed by atoms with van der Waals surface area (Å²) < 4.78 is 6.48. The van der Waals surface area contributed by atoms with E-state index in [0.29, 0.717) is 16.5 Å². The zero-order chi connectivity index (χ0) is 14.0. The first-order valence-electron chi connectivity index (χ1n) is 5.45. The summed E-state index contributed by atoms with van der Waals surface area (Å²) >= 11 is 9.36. The molecule has 0 saturated carbocycles. The van der Waals surface area contributed by atoms with E-state index in [1.807, 2.05) is 0 Å². The normalized spacial score (nSPS) is 10.3. The van der Waals surface area contributed by atoms with Gasteiger partial charge in [-0.1, -0.05) is 39.7 Å². The van der Waals surface area contributed by atoms with Crippen LogP contribution < -0.4 is 4.74 Å². The van der Waals surface area contributed by atoms with Gasteiger partial charge in [-0.2, -0.15) is 0 Å². The highest BCUT2D eigenvalue weighted by Gasteiger charge is 2.15. The van der Waals surface area contributed by atoms with E-state index >= 15 is 0 Å². The molecule has 0 spiro atoms. The summed E-state index contributed by atoms with van der Waals surface area (Å²) in [7, 11) is 0. The van der Waals surface area contributed by atoms with Gasteiger partial charge in [-0.05, 0) is 36.8 Å². The van der Waals surface area contributed by atoms with Crippen molar-refractivity contribution < 1.29 is 14.6 Å². The van der Waals surface area contributed by atoms with Gasteiger partial charge < -0.3 is 9.84 Å². The fraction of sp³-hybridized carbons (Fsp3) is 0.0714. The maximum Gasteiger partial charge on any atom is 0.339 e. The summed E-state index contributed by atoms with van der Waals surface area (Å²) in [6.07, 6.45) is 0. The predicted molar refractivity (Wildman–Crippen MR) is 77.4 cm³/mol. The van der Waals surface area contributed by atoms with E-state index in [4.69, 9.17) is 21.4 Å². The van der Waals surface area contributed by atoms with Gasteiger partial charge in [-0.15, -0.1) is 0 Å². The molecule has 0 heterocycles. The fourth-order valence-electron chi connectivity index (χ4n) is 1.62. The first kappa shape index (κ1) is 13.9. The first-order chi connectivity index (χ1) is 8.99. The summed E-state index contributed by atoms with van der Waals surface area (Å²) in [4.78, 5) is 11.2. The number of carboxylic acid groups (broad SMARTS) is 1. The number of rotatable bonds is 3. The fourth-order valence-corrected chi connectivity index (χ4v) is 2.34. The molecule has 0 atom stereocenters. The van der Waals surface area contributed by atoms with Crippen molar-refractivity contribution in [1.29, 1.82) is 0 Å². The third-order valence-electron chi connectivity index (χ3n) is 2.55. The van der Waals surface area contributed by atoms with Crippen LogP contribution in [0.25, 0.3) is 0 Å². The molecule has 5 heteroatoms. The van der Waals surface area contributed by atoms with E-state index in [1.54, 1.807) is 37.3 Å². The van der Waals surface area contributed by atoms with Gasteiger partial charge in [-0.3, -0.25) is 0 Å². The number of aromatic carboxylic acids is 1. The summed E-state index contributed by atoms with van der Waals surface area (Å²) in [6.45, 7) is 1.79. The molecule has 0 saturated heterocycles. The van der Waals surface area contributed by atoms with Gasteiger partial charge in [0.1, 0.15) is 17.1 Å². The van der Waals surface area contributed by atoms with E-state index in [0.717, 1.165) is 10.0 Å². The molecule has 98 valence electrons. The number of ether oxygens (including phenoxy) is 1. The van der Waals surface area contributed by atoms with Crippen molar-refractivity contribution in [3.05, 3.63) is 57.0 Å². The van der Waals surface area contributed by atoms with Crippen LogP contribution in [0.1, 0.15) is 15.9 Å². The molecule has 0 amide bonds. The van der Waals surface area contributed by atoms with E-state index in [9.17, 15) is 4.79 Å². The quantitative estimate of drug-likeness (QED) is 0.863. The van der Waals surface area contributed by atoms with E-state index in [-0.39, 0.29) is 5.56 Å². The molecule has 0 fully saturated rings. The largest absolute Gasteiger partial charge is 0.478 e. The molecule has 2 aromatic rings. The van der Waals surface area contributed by atoms with E-state index in [2.05, 4.69) is 15.9 Å². The highest BCUT2D eigenvalue weighted by Crippen LogP contribution is 2.34. The van der Waals surface area contributed by atoms with Crippen LogP contribution in [-0.4, -0.2) is 11.1 Å². The minimum atomic E-state index is -1.04. The number of para-hydroxylation sites is 1. The molecule has 2 aromatic carbocycles. The van der Waals surface area contributed by atoms with Gasteiger partial charge in [-0.25, -0.2) is 4.79 Å². The maximum absolute atomic E-state index is 11.2. The summed E-state index contributed by atoms with van der Waals surface area (Å²) in [5, 5.41) is 9.57. The highest BCUT2D eigenvalue weighted by molar-refractivity contribution is 9.10. The van der Waals surface area contributed by atoms with Crippen molar-refractivity contribution in [1.82, 2.24) is 0 Å². The zero-order valence-corrected chi connectivity index (χ0v) is 12.3. The molecule has 0 aliphatic rings. The summed E-state index contributed by atoms with van der Waals surface area (Å²) in [5.41, 5.74) is 0.845. The van der Waals surface area contributed by atoms with Crippen molar-refractivity contribution >= 4 is 33.5 Å². The number of hydrogen-bond donors (Lipinski definition) is 1. The SMILES string of the molecule is Cc1cccc(C(=O)O)c1Oc1ccc(Br)cc1Cl. The standard InChI is InChI=1S/C14H10BrClO3/c1-8-3-2-4-10(14(17)18)13(8)19-12-6-5-9(15)7-11(12)16/h2-7H,1H3,(H,17,18). The second kappa shape index (κ2) is 5.63. The molecule has 2 rings (SSSR count). The van der Waals surface area contributed by atoms with Crippen LogP contribution in [0.2, 0.25) is 5.02 Å². The second-order valence-electron chi connectivity index (χ2n) is 3.93.